The molecule has 0 aromatic heterocycles. The Labute approximate surface area is 90.0 Å². The summed E-state index contributed by atoms with van der Waals surface area (Å²) in [7, 11) is 1.66. The van der Waals surface area contributed by atoms with Crippen molar-refractivity contribution in [2.24, 2.45) is 0 Å². The van der Waals surface area contributed by atoms with Gasteiger partial charge in [0.25, 0.3) is 0 Å². The third-order valence-corrected chi connectivity index (χ3v) is 2.00. The van der Waals surface area contributed by atoms with Crippen LogP contribution in [-0.4, -0.2) is 26.1 Å². The summed E-state index contributed by atoms with van der Waals surface area (Å²) in [5, 5.41) is 0. The Morgan fingerprint density at radius 3 is 2.80 bits per heavy atom. The lowest BCUT2D eigenvalue weighted by molar-refractivity contribution is 0.101. The van der Waals surface area contributed by atoms with Crippen molar-refractivity contribution < 1.29 is 14.3 Å². The Morgan fingerprint density at radius 1 is 1.33 bits per heavy atom. The SMILES string of the molecule is COCCCOc1cccc(C(C)=O)c1. The van der Waals surface area contributed by atoms with Crippen LogP contribution in [0.3, 0.4) is 0 Å². The maximum atomic E-state index is 11.1. The number of hydrogen-bond donors (Lipinski definition) is 0. The van der Waals surface area contributed by atoms with Gasteiger partial charge >= 0.3 is 0 Å². The van der Waals surface area contributed by atoms with Crippen molar-refractivity contribution in [3.05, 3.63) is 29.8 Å². The summed E-state index contributed by atoms with van der Waals surface area (Å²) in [6, 6.07) is 7.21. The van der Waals surface area contributed by atoms with Crippen molar-refractivity contribution in [3.8, 4) is 5.75 Å². The second kappa shape index (κ2) is 6.19. The van der Waals surface area contributed by atoms with Crippen LogP contribution < -0.4 is 4.74 Å². The first-order chi connectivity index (χ1) is 7.24. The van der Waals surface area contributed by atoms with Crippen LogP contribution in [0.5, 0.6) is 5.75 Å². The zero-order chi connectivity index (χ0) is 11.1. The number of carbonyl (C=O) groups is 1. The van der Waals surface area contributed by atoms with Gasteiger partial charge in [0.2, 0.25) is 0 Å². The summed E-state index contributed by atoms with van der Waals surface area (Å²) < 4.78 is 10.4. The van der Waals surface area contributed by atoms with Gasteiger partial charge in [-0.3, -0.25) is 4.79 Å². The molecule has 1 aromatic carbocycles. The summed E-state index contributed by atoms with van der Waals surface area (Å²) in [4.78, 5) is 11.1. The van der Waals surface area contributed by atoms with E-state index in [1.165, 1.54) is 0 Å². The van der Waals surface area contributed by atoms with Gasteiger partial charge in [-0.25, -0.2) is 0 Å². The first-order valence-corrected chi connectivity index (χ1v) is 4.97. The van der Waals surface area contributed by atoms with Crippen LogP contribution in [0.4, 0.5) is 0 Å². The predicted molar refractivity (Wildman–Crippen MR) is 58.4 cm³/mol. The van der Waals surface area contributed by atoms with Crippen LogP contribution in [-0.2, 0) is 4.74 Å². The molecule has 15 heavy (non-hydrogen) atoms. The molecule has 0 radical (unpaired) electrons. The normalized spacial score (nSPS) is 10.0. The molecule has 0 aliphatic rings. The number of benzene rings is 1. The van der Waals surface area contributed by atoms with E-state index >= 15 is 0 Å². The minimum absolute atomic E-state index is 0.0531. The number of Topliss-reactive ketones (excluding diaryl/α,β-unsaturated/α-hetero) is 1. The molecule has 0 aliphatic heterocycles. The lowest BCUT2D eigenvalue weighted by Crippen LogP contribution is -2.02. The van der Waals surface area contributed by atoms with E-state index in [9.17, 15) is 4.79 Å². The van der Waals surface area contributed by atoms with Gasteiger partial charge in [0, 0.05) is 25.7 Å². The summed E-state index contributed by atoms with van der Waals surface area (Å²) >= 11 is 0. The number of ether oxygens (including phenoxy) is 2. The van der Waals surface area contributed by atoms with Gasteiger partial charge in [-0.1, -0.05) is 12.1 Å². The lowest BCUT2D eigenvalue weighted by Gasteiger charge is -2.06. The van der Waals surface area contributed by atoms with Crippen molar-refractivity contribution >= 4 is 5.78 Å². The average molecular weight is 208 g/mol. The van der Waals surface area contributed by atoms with Crippen molar-refractivity contribution in [1.29, 1.82) is 0 Å². The van der Waals surface area contributed by atoms with Gasteiger partial charge in [0.15, 0.2) is 5.78 Å². The standard InChI is InChI=1S/C12H16O3/c1-10(13)11-5-3-6-12(9-11)15-8-4-7-14-2/h3,5-6,9H,4,7-8H2,1-2H3. The number of rotatable bonds is 6. The Morgan fingerprint density at radius 2 is 2.13 bits per heavy atom. The number of methoxy groups -OCH3 is 1. The number of carbonyl (C=O) groups excluding carboxylic acids is 1. The number of hydrogen-bond acceptors (Lipinski definition) is 3. The van der Waals surface area contributed by atoms with E-state index in [-0.39, 0.29) is 5.78 Å². The highest BCUT2D eigenvalue weighted by Crippen LogP contribution is 2.13. The largest absolute Gasteiger partial charge is 0.493 e. The van der Waals surface area contributed by atoms with Crippen LogP contribution in [0, 0.1) is 0 Å². The average Bonchev–Trinajstić information content (AvgIpc) is 2.25. The van der Waals surface area contributed by atoms with Gasteiger partial charge in [-0.05, 0) is 19.1 Å². The molecule has 0 bridgehead atoms. The highest BCUT2D eigenvalue weighted by atomic mass is 16.5. The molecular formula is C12H16O3. The van der Waals surface area contributed by atoms with Gasteiger partial charge < -0.3 is 9.47 Å². The molecule has 82 valence electrons. The van der Waals surface area contributed by atoms with Crippen LogP contribution in [0.1, 0.15) is 23.7 Å². The molecule has 1 aromatic rings. The smallest absolute Gasteiger partial charge is 0.159 e. The molecule has 0 fully saturated rings. The van der Waals surface area contributed by atoms with Crippen LogP contribution >= 0.6 is 0 Å². The fourth-order valence-corrected chi connectivity index (χ4v) is 1.20. The van der Waals surface area contributed by atoms with Gasteiger partial charge in [0.05, 0.1) is 6.61 Å². The van der Waals surface area contributed by atoms with E-state index in [0.717, 1.165) is 12.2 Å². The van der Waals surface area contributed by atoms with Gasteiger partial charge in [-0.15, -0.1) is 0 Å². The van der Waals surface area contributed by atoms with E-state index in [1.807, 2.05) is 12.1 Å². The quantitative estimate of drug-likeness (QED) is 0.531. The zero-order valence-corrected chi connectivity index (χ0v) is 9.16. The Bertz CT molecular complexity index is 320. The van der Waals surface area contributed by atoms with Gasteiger partial charge in [0.1, 0.15) is 5.75 Å². The van der Waals surface area contributed by atoms with Gasteiger partial charge in [-0.2, -0.15) is 0 Å². The maximum Gasteiger partial charge on any atom is 0.159 e. The molecule has 0 unspecified atom stereocenters. The van der Waals surface area contributed by atoms with Crippen molar-refractivity contribution in [1.82, 2.24) is 0 Å². The van der Waals surface area contributed by atoms with E-state index in [4.69, 9.17) is 9.47 Å². The fraction of sp³-hybridized carbons (Fsp3) is 0.417. The van der Waals surface area contributed by atoms with Crippen LogP contribution in [0.2, 0.25) is 0 Å². The molecule has 0 amide bonds. The third-order valence-electron chi connectivity index (χ3n) is 2.00. The predicted octanol–water partition coefficient (Wildman–Crippen LogP) is 2.30. The van der Waals surface area contributed by atoms with Crippen LogP contribution in [0.25, 0.3) is 0 Å². The van der Waals surface area contributed by atoms with E-state index in [0.29, 0.717) is 18.8 Å². The molecule has 0 atom stereocenters. The first kappa shape index (κ1) is 11.7. The fourth-order valence-electron chi connectivity index (χ4n) is 1.20. The number of ketones is 1. The summed E-state index contributed by atoms with van der Waals surface area (Å²) in [6.07, 6.45) is 0.848. The Balaban J connectivity index is 2.47. The Hall–Kier alpha value is -1.35. The second-order valence-corrected chi connectivity index (χ2v) is 3.28. The third kappa shape index (κ3) is 4.13. The topological polar surface area (TPSA) is 35.5 Å². The first-order valence-electron chi connectivity index (χ1n) is 4.97. The molecular weight excluding hydrogens is 192 g/mol. The molecule has 0 aliphatic carbocycles. The summed E-state index contributed by atoms with van der Waals surface area (Å²) in [5.74, 6) is 0.788. The molecule has 0 heterocycles. The van der Waals surface area contributed by atoms with Crippen molar-refractivity contribution in [3.63, 3.8) is 0 Å². The summed E-state index contributed by atoms with van der Waals surface area (Å²) in [5.41, 5.74) is 0.680. The monoisotopic (exact) mass is 208 g/mol. The second-order valence-electron chi connectivity index (χ2n) is 3.28. The summed E-state index contributed by atoms with van der Waals surface area (Å²) in [6.45, 7) is 2.84. The van der Waals surface area contributed by atoms with E-state index in [2.05, 4.69) is 0 Å². The Kier molecular flexibility index (Phi) is 4.84. The molecule has 0 N–H and O–H groups in total. The maximum absolute atomic E-state index is 11.1. The lowest BCUT2D eigenvalue weighted by atomic mass is 10.1. The van der Waals surface area contributed by atoms with Crippen molar-refractivity contribution in [2.75, 3.05) is 20.3 Å². The van der Waals surface area contributed by atoms with E-state index in [1.54, 1.807) is 26.2 Å². The molecule has 3 heteroatoms. The minimum Gasteiger partial charge on any atom is -0.493 e. The molecule has 3 nitrogen and oxygen atoms in total. The van der Waals surface area contributed by atoms with Crippen LogP contribution in [0.15, 0.2) is 24.3 Å². The van der Waals surface area contributed by atoms with E-state index < -0.39 is 0 Å². The molecule has 0 saturated heterocycles. The van der Waals surface area contributed by atoms with Crippen molar-refractivity contribution in [2.45, 2.75) is 13.3 Å². The highest BCUT2D eigenvalue weighted by molar-refractivity contribution is 5.94. The minimum atomic E-state index is 0.0531. The zero-order valence-electron chi connectivity index (χ0n) is 9.16. The molecule has 1 rings (SSSR count). The molecule has 0 saturated carbocycles. The highest BCUT2D eigenvalue weighted by Gasteiger charge is 2.00. The molecule has 0 spiro atoms.